The fourth-order valence-electron chi connectivity index (χ4n) is 1.85. The Kier molecular flexibility index (Phi) is 5.15. The Morgan fingerprint density at radius 1 is 1.25 bits per heavy atom. The molecule has 1 saturated carbocycles. The summed E-state index contributed by atoms with van der Waals surface area (Å²) in [6, 6.07) is 1.85. The van der Waals surface area contributed by atoms with Gasteiger partial charge in [-0.15, -0.1) is 0 Å². The van der Waals surface area contributed by atoms with Crippen molar-refractivity contribution in [1.29, 1.82) is 0 Å². The molecule has 0 aliphatic heterocycles. The fourth-order valence-corrected chi connectivity index (χ4v) is 1.85. The molecule has 20 heavy (non-hydrogen) atoms. The van der Waals surface area contributed by atoms with Crippen LogP contribution in [0.5, 0.6) is 0 Å². The Morgan fingerprint density at radius 3 is 2.55 bits per heavy atom. The first-order valence-corrected chi connectivity index (χ1v) is 7.36. The van der Waals surface area contributed by atoms with Crippen LogP contribution < -0.4 is 16.0 Å². The van der Waals surface area contributed by atoms with E-state index in [1.807, 2.05) is 19.9 Å². The maximum absolute atomic E-state index is 11.6. The number of hydrogen-bond acceptors (Lipinski definition) is 5. The van der Waals surface area contributed by atoms with E-state index in [0.29, 0.717) is 18.3 Å². The van der Waals surface area contributed by atoms with Crippen LogP contribution in [0.4, 0.5) is 11.6 Å². The van der Waals surface area contributed by atoms with Gasteiger partial charge in [-0.25, -0.2) is 9.97 Å². The maximum Gasteiger partial charge on any atom is 0.239 e. The first-order valence-electron chi connectivity index (χ1n) is 7.36. The molecule has 6 nitrogen and oxygen atoms in total. The van der Waals surface area contributed by atoms with Gasteiger partial charge in [-0.3, -0.25) is 4.79 Å². The van der Waals surface area contributed by atoms with Gasteiger partial charge in [-0.05, 0) is 26.2 Å². The van der Waals surface area contributed by atoms with Crippen molar-refractivity contribution < 1.29 is 4.79 Å². The molecule has 0 bridgehead atoms. The molecule has 2 rings (SSSR count). The highest BCUT2D eigenvalue weighted by atomic mass is 16.1. The van der Waals surface area contributed by atoms with Gasteiger partial charge in [-0.1, -0.05) is 6.92 Å². The lowest BCUT2D eigenvalue weighted by molar-refractivity contribution is -0.119. The number of amides is 1. The van der Waals surface area contributed by atoms with E-state index in [4.69, 9.17) is 0 Å². The second-order valence-electron chi connectivity index (χ2n) is 5.00. The van der Waals surface area contributed by atoms with Crippen LogP contribution in [0.25, 0.3) is 0 Å². The van der Waals surface area contributed by atoms with Crippen LogP contribution in [-0.4, -0.2) is 35.5 Å². The molecule has 1 aromatic rings. The molecule has 0 radical (unpaired) electrons. The summed E-state index contributed by atoms with van der Waals surface area (Å²) in [5, 5.41) is 9.10. The monoisotopic (exact) mass is 277 g/mol. The number of hydrogen-bond donors (Lipinski definition) is 3. The lowest BCUT2D eigenvalue weighted by Crippen LogP contribution is -2.30. The lowest BCUT2D eigenvalue weighted by Gasteiger charge is -2.10. The minimum Gasteiger partial charge on any atom is -0.370 e. The third-order valence-electron chi connectivity index (χ3n) is 3.05. The summed E-state index contributed by atoms with van der Waals surface area (Å²) in [5.41, 5.74) is 0. The van der Waals surface area contributed by atoms with Gasteiger partial charge in [-0.2, -0.15) is 0 Å². The number of nitrogens with one attached hydrogen (secondary N) is 3. The van der Waals surface area contributed by atoms with Crippen molar-refractivity contribution in [1.82, 2.24) is 15.3 Å². The van der Waals surface area contributed by atoms with Gasteiger partial charge in [0.05, 0.1) is 6.54 Å². The summed E-state index contributed by atoms with van der Waals surface area (Å²) in [4.78, 5) is 20.6. The van der Waals surface area contributed by atoms with E-state index >= 15 is 0 Å². The van der Waals surface area contributed by atoms with Crippen molar-refractivity contribution >= 4 is 17.5 Å². The topological polar surface area (TPSA) is 78.9 Å². The molecule has 1 fully saturated rings. The molecule has 1 aliphatic carbocycles. The van der Waals surface area contributed by atoms with Crippen LogP contribution in [0.2, 0.25) is 0 Å². The Morgan fingerprint density at radius 2 is 1.95 bits per heavy atom. The first kappa shape index (κ1) is 14.6. The summed E-state index contributed by atoms with van der Waals surface area (Å²) in [5.74, 6) is 2.89. The number of aromatic nitrogens is 2. The van der Waals surface area contributed by atoms with Crippen LogP contribution in [0.15, 0.2) is 6.07 Å². The van der Waals surface area contributed by atoms with Crippen molar-refractivity contribution in [3.8, 4) is 0 Å². The van der Waals surface area contributed by atoms with E-state index in [-0.39, 0.29) is 12.5 Å². The highest BCUT2D eigenvalue weighted by molar-refractivity contribution is 5.80. The molecule has 6 heteroatoms. The minimum atomic E-state index is -0.0107. The molecule has 0 saturated heterocycles. The second kappa shape index (κ2) is 7.07. The average molecular weight is 277 g/mol. The van der Waals surface area contributed by atoms with Crippen molar-refractivity contribution in [3.63, 3.8) is 0 Å². The predicted octanol–water partition coefficient (Wildman–Crippen LogP) is 1.72. The van der Waals surface area contributed by atoms with Crippen LogP contribution in [0, 0.1) is 0 Å². The van der Waals surface area contributed by atoms with Crippen molar-refractivity contribution in [2.75, 3.05) is 30.3 Å². The molecule has 1 aliphatic rings. The van der Waals surface area contributed by atoms with Gasteiger partial charge < -0.3 is 16.0 Å². The molecule has 0 unspecified atom stereocenters. The second-order valence-corrected chi connectivity index (χ2v) is 5.00. The lowest BCUT2D eigenvalue weighted by atomic mass is 10.3. The normalized spacial score (nSPS) is 13.9. The summed E-state index contributed by atoms with van der Waals surface area (Å²) in [7, 11) is 0. The van der Waals surface area contributed by atoms with E-state index < -0.39 is 0 Å². The van der Waals surface area contributed by atoms with E-state index in [9.17, 15) is 4.79 Å². The third-order valence-corrected chi connectivity index (χ3v) is 3.05. The molecule has 1 heterocycles. The van der Waals surface area contributed by atoms with Crippen molar-refractivity contribution in [2.45, 2.75) is 39.0 Å². The zero-order valence-electron chi connectivity index (χ0n) is 12.2. The first-order chi connectivity index (χ1) is 9.72. The molecule has 3 N–H and O–H groups in total. The van der Waals surface area contributed by atoms with E-state index in [0.717, 1.165) is 37.4 Å². The molecular formula is C14H23N5O. The standard InChI is InChI=1S/C14H23N5O/c1-3-7-16-13(20)9-17-12-8-11(15-4-2)18-14(19-12)10-5-6-10/h8,10H,3-7,9H2,1-2H3,(H,16,20)(H2,15,17,18,19). The average Bonchev–Trinajstić information content (AvgIpc) is 3.27. The van der Waals surface area contributed by atoms with Crippen LogP contribution in [-0.2, 0) is 4.79 Å². The van der Waals surface area contributed by atoms with Crippen LogP contribution in [0.3, 0.4) is 0 Å². The number of nitrogens with zero attached hydrogens (tertiary/aromatic N) is 2. The Balaban J connectivity index is 1.97. The summed E-state index contributed by atoms with van der Waals surface area (Å²) >= 11 is 0. The molecule has 110 valence electrons. The van der Waals surface area contributed by atoms with Gasteiger partial charge in [0.1, 0.15) is 17.5 Å². The van der Waals surface area contributed by atoms with Crippen LogP contribution >= 0.6 is 0 Å². The zero-order chi connectivity index (χ0) is 14.4. The van der Waals surface area contributed by atoms with Crippen molar-refractivity contribution in [2.24, 2.45) is 0 Å². The number of carbonyl (C=O) groups is 1. The van der Waals surface area contributed by atoms with E-state index in [1.54, 1.807) is 0 Å². The highest BCUT2D eigenvalue weighted by Gasteiger charge is 2.27. The fraction of sp³-hybridized carbons (Fsp3) is 0.643. The number of carbonyl (C=O) groups excluding carboxylic acids is 1. The van der Waals surface area contributed by atoms with Gasteiger partial charge in [0.2, 0.25) is 5.91 Å². The Bertz CT molecular complexity index is 459. The van der Waals surface area contributed by atoms with E-state index in [1.165, 1.54) is 0 Å². The highest BCUT2D eigenvalue weighted by Crippen LogP contribution is 2.38. The van der Waals surface area contributed by atoms with Crippen LogP contribution in [0.1, 0.15) is 44.9 Å². The number of rotatable bonds is 8. The van der Waals surface area contributed by atoms with Crippen molar-refractivity contribution in [3.05, 3.63) is 11.9 Å². The quantitative estimate of drug-likeness (QED) is 0.674. The predicted molar refractivity (Wildman–Crippen MR) is 80.0 cm³/mol. The largest absolute Gasteiger partial charge is 0.370 e. The SMILES string of the molecule is CCCNC(=O)CNc1cc(NCC)nc(C2CC2)n1. The molecule has 0 aromatic carbocycles. The van der Waals surface area contributed by atoms with Gasteiger partial charge in [0.25, 0.3) is 0 Å². The molecule has 0 spiro atoms. The van der Waals surface area contributed by atoms with E-state index in [2.05, 4.69) is 25.9 Å². The minimum absolute atomic E-state index is 0.0107. The third kappa shape index (κ3) is 4.36. The summed E-state index contributed by atoms with van der Waals surface area (Å²) in [6.07, 6.45) is 3.26. The van der Waals surface area contributed by atoms with Gasteiger partial charge in [0.15, 0.2) is 0 Å². The molecule has 0 atom stereocenters. The smallest absolute Gasteiger partial charge is 0.239 e. The zero-order valence-corrected chi connectivity index (χ0v) is 12.2. The summed E-state index contributed by atoms with van der Waals surface area (Å²) in [6.45, 7) is 5.83. The maximum atomic E-state index is 11.6. The summed E-state index contributed by atoms with van der Waals surface area (Å²) < 4.78 is 0. The number of anilines is 2. The van der Waals surface area contributed by atoms with Gasteiger partial charge >= 0.3 is 0 Å². The Hall–Kier alpha value is -1.85. The van der Waals surface area contributed by atoms with Gasteiger partial charge in [0, 0.05) is 25.1 Å². The molecular weight excluding hydrogens is 254 g/mol. The Labute approximate surface area is 119 Å². The molecule has 1 aromatic heterocycles. The molecule has 1 amide bonds.